The lowest BCUT2D eigenvalue weighted by Gasteiger charge is -2.17. The first-order chi connectivity index (χ1) is 11.8. The number of aryl methyl sites for hydroxylation is 1. The van der Waals surface area contributed by atoms with Gasteiger partial charge in [-0.1, -0.05) is 6.92 Å². The topological polar surface area (TPSA) is 93.1 Å². The van der Waals surface area contributed by atoms with Gasteiger partial charge in [-0.15, -0.1) is 11.3 Å². The van der Waals surface area contributed by atoms with Gasteiger partial charge in [-0.05, 0) is 44.6 Å². The second kappa shape index (κ2) is 6.95. The fourth-order valence-electron chi connectivity index (χ4n) is 3.10. The molecule has 2 aromatic heterocycles. The molecule has 1 aliphatic carbocycles. The number of hydrogen-bond acceptors (Lipinski definition) is 5. The summed E-state index contributed by atoms with van der Waals surface area (Å²) < 4.78 is 1.27. The summed E-state index contributed by atoms with van der Waals surface area (Å²) >= 11 is 1.57. The molecule has 7 nitrogen and oxygen atoms in total. The van der Waals surface area contributed by atoms with Crippen LogP contribution < -0.4 is 16.2 Å². The van der Waals surface area contributed by atoms with Crippen LogP contribution in [-0.2, 0) is 24.2 Å². The summed E-state index contributed by atoms with van der Waals surface area (Å²) in [6.07, 6.45) is 4.30. The molecule has 0 aromatic carbocycles. The second-order valence-corrected chi connectivity index (χ2v) is 7.97. The molecule has 1 atom stereocenters. The molecule has 2 N–H and O–H groups in total. The predicted molar refractivity (Wildman–Crippen MR) is 96.9 cm³/mol. The number of amides is 3. The molecule has 0 fully saturated rings. The van der Waals surface area contributed by atoms with Crippen molar-refractivity contribution in [1.82, 2.24) is 20.2 Å². The predicted octanol–water partition coefficient (Wildman–Crippen LogP) is 1.82. The standard InChI is InChI=1S/C17H22N4O3S/c1-9(2)19-17(24)20-13(22)7-21-8-18-15-14(16(21)23)11-5-4-10(3)6-12(11)25-15/h8-10H,4-7H2,1-3H3,(H2,19,20,22,24). The van der Waals surface area contributed by atoms with Crippen LogP contribution in [0.4, 0.5) is 4.79 Å². The van der Waals surface area contributed by atoms with E-state index in [0.29, 0.717) is 11.3 Å². The number of imide groups is 1. The Labute approximate surface area is 149 Å². The number of carbonyl (C=O) groups excluding carboxylic acids is 2. The average molecular weight is 362 g/mol. The molecule has 8 heteroatoms. The van der Waals surface area contributed by atoms with E-state index in [1.807, 2.05) is 0 Å². The van der Waals surface area contributed by atoms with Crippen molar-refractivity contribution in [3.05, 3.63) is 27.1 Å². The molecule has 25 heavy (non-hydrogen) atoms. The minimum atomic E-state index is -0.566. The lowest BCUT2D eigenvalue weighted by atomic mass is 9.89. The quantitative estimate of drug-likeness (QED) is 0.871. The van der Waals surface area contributed by atoms with Gasteiger partial charge in [0.2, 0.25) is 5.91 Å². The molecule has 0 radical (unpaired) electrons. The first kappa shape index (κ1) is 17.6. The highest BCUT2D eigenvalue weighted by atomic mass is 32.1. The van der Waals surface area contributed by atoms with Crippen LogP contribution in [0.3, 0.4) is 0 Å². The molecule has 134 valence electrons. The summed E-state index contributed by atoms with van der Waals surface area (Å²) in [5.74, 6) is 0.0761. The van der Waals surface area contributed by atoms with Crippen molar-refractivity contribution in [2.24, 2.45) is 5.92 Å². The monoisotopic (exact) mass is 362 g/mol. The zero-order valence-electron chi connectivity index (χ0n) is 14.6. The van der Waals surface area contributed by atoms with Gasteiger partial charge in [0.05, 0.1) is 11.7 Å². The van der Waals surface area contributed by atoms with Gasteiger partial charge in [0, 0.05) is 10.9 Å². The smallest absolute Gasteiger partial charge is 0.321 e. The van der Waals surface area contributed by atoms with E-state index < -0.39 is 11.9 Å². The summed E-state index contributed by atoms with van der Waals surface area (Å²) in [5.41, 5.74) is 0.874. The molecule has 0 saturated heterocycles. The number of aromatic nitrogens is 2. The highest BCUT2D eigenvalue weighted by Gasteiger charge is 2.23. The van der Waals surface area contributed by atoms with Crippen LogP contribution in [0.5, 0.6) is 0 Å². The SMILES string of the molecule is CC1CCc2c(sc3ncn(CC(=O)NC(=O)NC(C)C)c(=O)c23)C1. The Balaban J connectivity index is 1.83. The molecule has 0 saturated carbocycles. The minimum absolute atomic E-state index is 0.0757. The molecule has 0 bridgehead atoms. The van der Waals surface area contributed by atoms with Gasteiger partial charge in [-0.3, -0.25) is 19.5 Å². The summed E-state index contributed by atoms with van der Waals surface area (Å²) in [4.78, 5) is 42.7. The van der Waals surface area contributed by atoms with Crippen LogP contribution in [0, 0.1) is 5.92 Å². The fraction of sp³-hybridized carbons (Fsp3) is 0.529. The van der Waals surface area contributed by atoms with E-state index in [4.69, 9.17) is 0 Å². The first-order valence-corrected chi connectivity index (χ1v) is 9.26. The number of fused-ring (bicyclic) bond motifs is 3. The van der Waals surface area contributed by atoms with Crippen molar-refractivity contribution in [3.8, 4) is 0 Å². The van der Waals surface area contributed by atoms with Crippen molar-refractivity contribution in [1.29, 1.82) is 0 Å². The van der Waals surface area contributed by atoms with Crippen LogP contribution in [-0.4, -0.2) is 27.5 Å². The number of urea groups is 1. The van der Waals surface area contributed by atoms with E-state index >= 15 is 0 Å². The van der Waals surface area contributed by atoms with Crippen LogP contribution in [0.2, 0.25) is 0 Å². The van der Waals surface area contributed by atoms with Crippen molar-refractivity contribution >= 4 is 33.5 Å². The number of nitrogens with one attached hydrogen (secondary N) is 2. The van der Waals surface area contributed by atoms with E-state index in [-0.39, 0.29) is 18.1 Å². The number of thiophene rings is 1. The van der Waals surface area contributed by atoms with E-state index in [1.54, 1.807) is 25.2 Å². The Morgan fingerprint density at radius 3 is 2.92 bits per heavy atom. The van der Waals surface area contributed by atoms with E-state index in [2.05, 4.69) is 22.5 Å². The van der Waals surface area contributed by atoms with Gasteiger partial charge in [0.1, 0.15) is 11.4 Å². The third-order valence-corrected chi connectivity index (χ3v) is 5.43. The third kappa shape index (κ3) is 3.73. The molecule has 3 amide bonds. The lowest BCUT2D eigenvalue weighted by molar-refractivity contribution is -0.120. The molecule has 2 aromatic rings. The second-order valence-electron chi connectivity index (χ2n) is 6.89. The highest BCUT2D eigenvalue weighted by Crippen LogP contribution is 2.35. The minimum Gasteiger partial charge on any atom is -0.336 e. The normalized spacial score (nSPS) is 16.7. The summed E-state index contributed by atoms with van der Waals surface area (Å²) in [7, 11) is 0. The van der Waals surface area contributed by atoms with Crippen molar-refractivity contribution in [2.75, 3.05) is 0 Å². The van der Waals surface area contributed by atoms with Gasteiger partial charge in [0.25, 0.3) is 5.56 Å². The Bertz CT molecular complexity index is 884. The van der Waals surface area contributed by atoms with Crippen LogP contribution in [0.25, 0.3) is 10.2 Å². The average Bonchev–Trinajstić information content (AvgIpc) is 2.87. The van der Waals surface area contributed by atoms with E-state index in [1.165, 1.54) is 15.8 Å². The van der Waals surface area contributed by atoms with E-state index in [9.17, 15) is 14.4 Å². The number of hydrogen-bond donors (Lipinski definition) is 2. The molecule has 0 spiro atoms. The third-order valence-electron chi connectivity index (χ3n) is 4.27. The zero-order chi connectivity index (χ0) is 18.1. The maximum atomic E-state index is 12.8. The first-order valence-electron chi connectivity index (χ1n) is 8.45. The Kier molecular flexibility index (Phi) is 4.89. The Hall–Kier alpha value is -2.22. The van der Waals surface area contributed by atoms with Gasteiger partial charge in [0.15, 0.2) is 0 Å². The molecular formula is C17H22N4O3S. The summed E-state index contributed by atoms with van der Waals surface area (Å²) in [6.45, 7) is 5.58. The lowest BCUT2D eigenvalue weighted by Crippen LogP contribution is -2.44. The van der Waals surface area contributed by atoms with Crippen molar-refractivity contribution < 1.29 is 9.59 Å². The van der Waals surface area contributed by atoms with Crippen LogP contribution >= 0.6 is 11.3 Å². The maximum absolute atomic E-state index is 12.8. The highest BCUT2D eigenvalue weighted by molar-refractivity contribution is 7.18. The molecule has 2 heterocycles. The molecular weight excluding hydrogens is 340 g/mol. The van der Waals surface area contributed by atoms with Gasteiger partial charge < -0.3 is 5.32 Å². The Morgan fingerprint density at radius 2 is 2.20 bits per heavy atom. The number of rotatable bonds is 3. The molecule has 1 unspecified atom stereocenters. The molecule has 3 rings (SSSR count). The van der Waals surface area contributed by atoms with Crippen LogP contribution in [0.1, 0.15) is 37.6 Å². The zero-order valence-corrected chi connectivity index (χ0v) is 15.4. The van der Waals surface area contributed by atoms with Crippen molar-refractivity contribution in [3.63, 3.8) is 0 Å². The van der Waals surface area contributed by atoms with Gasteiger partial charge in [-0.25, -0.2) is 9.78 Å². The van der Waals surface area contributed by atoms with Gasteiger partial charge in [-0.2, -0.15) is 0 Å². The van der Waals surface area contributed by atoms with Crippen LogP contribution in [0.15, 0.2) is 11.1 Å². The van der Waals surface area contributed by atoms with E-state index in [0.717, 1.165) is 29.7 Å². The largest absolute Gasteiger partial charge is 0.336 e. The maximum Gasteiger partial charge on any atom is 0.321 e. The summed E-state index contributed by atoms with van der Waals surface area (Å²) in [5, 5.41) is 5.43. The molecule has 0 aliphatic heterocycles. The molecule has 1 aliphatic rings. The summed E-state index contributed by atoms with van der Waals surface area (Å²) in [6, 6.07) is -0.641. The van der Waals surface area contributed by atoms with Gasteiger partial charge >= 0.3 is 6.03 Å². The number of carbonyl (C=O) groups is 2. The Morgan fingerprint density at radius 1 is 1.44 bits per heavy atom. The number of nitrogens with zero attached hydrogens (tertiary/aromatic N) is 2. The van der Waals surface area contributed by atoms with Crippen molar-refractivity contribution in [2.45, 2.75) is 52.6 Å². The fourth-order valence-corrected chi connectivity index (χ4v) is 4.44.